The third-order valence-electron chi connectivity index (χ3n) is 3.48. The van der Waals surface area contributed by atoms with Crippen molar-refractivity contribution in [2.24, 2.45) is 5.73 Å². The minimum absolute atomic E-state index is 0.0805. The van der Waals surface area contributed by atoms with E-state index < -0.39 is 0 Å². The van der Waals surface area contributed by atoms with Gasteiger partial charge in [-0.25, -0.2) is 0 Å². The van der Waals surface area contributed by atoms with Gasteiger partial charge in [0, 0.05) is 12.7 Å². The van der Waals surface area contributed by atoms with E-state index in [0.29, 0.717) is 25.4 Å². The Hall–Kier alpha value is -2.07. The quantitative estimate of drug-likeness (QED) is 0.796. The summed E-state index contributed by atoms with van der Waals surface area (Å²) in [6, 6.07) is 11.6. The van der Waals surface area contributed by atoms with Crippen LogP contribution in [0.4, 0.5) is 0 Å². The van der Waals surface area contributed by atoms with E-state index in [1.165, 1.54) is 0 Å². The number of pyridine rings is 1. The maximum atomic E-state index is 12.3. The number of benzene rings is 1. The molecule has 112 valence electrons. The molecule has 2 aromatic rings. The fourth-order valence-electron chi connectivity index (χ4n) is 2.15. The number of nitrogens with two attached hydrogens (primary N) is 1. The van der Waals surface area contributed by atoms with Gasteiger partial charge in [0.05, 0.1) is 0 Å². The number of ether oxygens (including phenoxy) is 1. The molecular weight excluding hydrogens is 264 g/mol. The van der Waals surface area contributed by atoms with Crippen LogP contribution in [0.3, 0.4) is 0 Å². The number of aromatic nitrogens is 1. The highest BCUT2D eigenvalue weighted by molar-refractivity contribution is 5.26. The van der Waals surface area contributed by atoms with E-state index in [9.17, 15) is 4.79 Å². The van der Waals surface area contributed by atoms with Crippen molar-refractivity contribution in [3.05, 3.63) is 64.1 Å². The first-order valence-corrected chi connectivity index (χ1v) is 7.29. The van der Waals surface area contributed by atoms with Gasteiger partial charge in [0.25, 0.3) is 5.56 Å². The summed E-state index contributed by atoms with van der Waals surface area (Å²) >= 11 is 0. The van der Waals surface area contributed by atoms with Gasteiger partial charge in [0.15, 0.2) is 5.75 Å². The molecule has 0 amide bonds. The van der Waals surface area contributed by atoms with Crippen LogP contribution in [-0.2, 0) is 13.2 Å². The summed E-state index contributed by atoms with van der Waals surface area (Å²) in [5.74, 6) is 0.397. The average molecular weight is 286 g/mol. The van der Waals surface area contributed by atoms with Crippen molar-refractivity contribution in [2.45, 2.75) is 32.9 Å². The van der Waals surface area contributed by atoms with E-state index in [-0.39, 0.29) is 5.56 Å². The molecule has 0 aliphatic heterocycles. The zero-order valence-electron chi connectivity index (χ0n) is 12.4. The fourth-order valence-corrected chi connectivity index (χ4v) is 2.15. The third-order valence-corrected chi connectivity index (χ3v) is 3.48. The number of unbranched alkanes of at least 4 members (excludes halogenated alkanes) is 1. The van der Waals surface area contributed by atoms with Crippen LogP contribution in [0, 0.1) is 6.92 Å². The van der Waals surface area contributed by atoms with E-state index in [1.807, 2.05) is 37.3 Å². The largest absolute Gasteiger partial charge is 0.483 e. The molecule has 21 heavy (non-hydrogen) atoms. The Morgan fingerprint density at radius 2 is 1.95 bits per heavy atom. The molecule has 0 fully saturated rings. The van der Waals surface area contributed by atoms with Crippen LogP contribution in [0.2, 0.25) is 0 Å². The van der Waals surface area contributed by atoms with Crippen molar-refractivity contribution in [2.75, 3.05) is 6.54 Å². The molecule has 1 aromatic carbocycles. The number of hydrogen-bond donors (Lipinski definition) is 1. The molecule has 1 heterocycles. The Morgan fingerprint density at radius 3 is 2.71 bits per heavy atom. The monoisotopic (exact) mass is 286 g/mol. The van der Waals surface area contributed by atoms with Crippen molar-refractivity contribution >= 4 is 0 Å². The lowest BCUT2D eigenvalue weighted by Gasteiger charge is -2.10. The van der Waals surface area contributed by atoms with Gasteiger partial charge in [-0.1, -0.05) is 24.3 Å². The van der Waals surface area contributed by atoms with Crippen molar-refractivity contribution in [3.63, 3.8) is 0 Å². The van der Waals surface area contributed by atoms with Gasteiger partial charge in [-0.05, 0) is 49.6 Å². The van der Waals surface area contributed by atoms with Gasteiger partial charge >= 0.3 is 0 Å². The smallest absolute Gasteiger partial charge is 0.292 e. The van der Waals surface area contributed by atoms with Crippen molar-refractivity contribution in [1.29, 1.82) is 0 Å². The first kappa shape index (κ1) is 15.3. The van der Waals surface area contributed by atoms with Crippen LogP contribution >= 0.6 is 0 Å². The zero-order chi connectivity index (χ0) is 15.1. The van der Waals surface area contributed by atoms with E-state index in [0.717, 1.165) is 24.0 Å². The predicted molar refractivity (Wildman–Crippen MR) is 84.5 cm³/mol. The Balaban J connectivity index is 2.05. The van der Waals surface area contributed by atoms with Gasteiger partial charge in [0.1, 0.15) is 6.61 Å². The highest BCUT2D eigenvalue weighted by Gasteiger charge is 2.05. The van der Waals surface area contributed by atoms with Crippen LogP contribution in [-0.4, -0.2) is 11.1 Å². The molecule has 0 unspecified atom stereocenters. The molecule has 0 saturated heterocycles. The molecule has 1 aromatic heterocycles. The molecule has 0 spiro atoms. The molecule has 4 heteroatoms. The lowest BCUT2D eigenvalue weighted by Crippen LogP contribution is -2.21. The molecule has 2 N–H and O–H groups in total. The van der Waals surface area contributed by atoms with Crippen LogP contribution < -0.4 is 16.0 Å². The molecule has 0 radical (unpaired) electrons. The van der Waals surface area contributed by atoms with Gasteiger partial charge < -0.3 is 15.0 Å². The summed E-state index contributed by atoms with van der Waals surface area (Å²) in [5.41, 5.74) is 7.65. The number of rotatable bonds is 7. The predicted octanol–water partition coefficient (Wildman–Crippen LogP) is 2.47. The van der Waals surface area contributed by atoms with Crippen molar-refractivity contribution in [3.8, 4) is 5.75 Å². The minimum Gasteiger partial charge on any atom is -0.483 e. The maximum Gasteiger partial charge on any atom is 0.292 e. The summed E-state index contributed by atoms with van der Waals surface area (Å²) in [7, 11) is 0. The topological polar surface area (TPSA) is 57.2 Å². The average Bonchev–Trinajstić information content (AvgIpc) is 2.49. The Labute approximate surface area is 125 Å². The molecule has 4 nitrogen and oxygen atoms in total. The number of aryl methyl sites for hydroxylation is 2. The summed E-state index contributed by atoms with van der Waals surface area (Å²) in [6.07, 6.45) is 3.61. The van der Waals surface area contributed by atoms with Gasteiger partial charge in [-0.15, -0.1) is 0 Å². The zero-order valence-corrected chi connectivity index (χ0v) is 12.4. The Kier molecular flexibility index (Phi) is 5.58. The van der Waals surface area contributed by atoms with Crippen molar-refractivity contribution in [1.82, 2.24) is 4.57 Å². The van der Waals surface area contributed by atoms with Gasteiger partial charge in [-0.3, -0.25) is 4.79 Å². The normalized spacial score (nSPS) is 10.6. The Morgan fingerprint density at radius 1 is 1.14 bits per heavy atom. The van der Waals surface area contributed by atoms with Crippen molar-refractivity contribution < 1.29 is 4.74 Å². The molecular formula is C17H22N2O2. The SMILES string of the molecule is Cc1ccccc1COc1cccn(CCCCN)c1=O. The highest BCUT2D eigenvalue weighted by atomic mass is 16.5. The third kappa shape index (κ3) is 4.20. The second-order valence-corrected chi connectivity index (χ2v) is 5.08. The van der Waals surface area contributed by atoms with Gasteiger partial charge in [-0.2, -0.15) is 0 Å². The van der Waals surface area contributed by atoms with Crippen LogP contribution in [0.5, 0.6) is 5.75 Å². The molecule has 0 atom stereocenters. The van der Waals surface area contributed by atoms with E-state index in [2.05, 4.69) is 0 Å². The second kappa shape index (κ2) is 7.64. The molecule has 0 aliphatic carbocycles. The van der Waals surface area contributed by atoms with E-state index in [1.54, 1.807) is 16.8 Å². The maximum absolute atomic E-state index is 12.3. The first-order chi connectivity index (χ1) is 10.2. The van der Waals surface area contributed by atoms with Gasteiger partial charge in [0.2, 0.25) is 0 Å². The number of nitrogens with zero attached hydrogens (tertiary/aromatic N) is 1. The first-order valence-electron chi connectivity index (χ1n) is 7.29. The fraction of sp³-hybridized carbons (Fsp3) is 0.353. The lowest BCUT2D eigenvalue weighted by atomic mass is 10.1. The molecule has 0 saturated carbocycles. The summed E-state index contributed by atoms with van der Waals surface area (Å²) in [6.45, 7) is 3.78. The van der Waals surface area contributed by atoms with Crippen LogP contribution in [0.1, 0.15) is 24.0 Å². The molecule has 0 aliphatic rings. The summed E-state index contributed by atoms with van der Waals surface area (Å²) < 4.78 is 7.38. The van der Waals surface area contributed by atoms with E-state index >= 15 is 0 Å². The van der Waals surface area contributed by atoms with E-state index in [4.69, 9.17) is 10.5 Å². The Bertz CT molecular complexity index is 635. The summed E-state index contributed by atoms with van der Waals surface area (Å²) in [4.78, 5) is 12.3. The van der Waals surface area contributed by atoms with Crippen LogP contribution in [0.15, 0.2) is 47.4 Å². The summed E-state index contributed by atoms with van der Waals surface area (Å²) in [5, 5.41) is 0. The van der Waals surface area contributed by atoms with Crippen LogP contribution in [0.25, 0.3) is 0 Å². The second-order valence-electron chi connectivity index (χ2n) is 5.08. The standard InChI is InChI=1S/C17H22N2O2/c1-14-7-2-3-8-15(14)13-21-16-9-6-12-19(17(16)20)11-5-4-10-18/h2-3,6-9,12H,4-5,10-11,13,18H2,1H3. The number of hydrogen-bond acceptors (Lipinski definition) is 3. The highest BCUT2D eigenvalue weighted by Crippen LogP contribution is 2.11. The molecule has 2 rings (SSSR count). The minimum atomic E-state index is -0.0805. The lowest BCUT2D eigenvalue weighted by molar-refractivity contribution is 0.298. The molecule has 0 bridgehead atoms.